The molecule has 1 N–H and O–H groups in total. The third kappa shape index (κ3) is 5.13. The van der Waals surface area contributed by atoms with Gasteiger partial charge in [-0.2, -0.15) is 0 Å². The van der Waals surface area contributed by atoms with Crippen LogP contribution in [0.5, 0.6) is 0 Å². The van der Waals surface area contributed by atoms with E-state index in [-0.39, 0.29) is 12.3 Å². The van der Waals surface area contributed by atoms with Crippen LogP contribution >= 0.6 is 0 Å². The second-order valence-electron chi connectivity index (χ2n) is 2.66. The number of aliphatic carboxylic acids is 1. The van der Waals surface area contributed by atoms with Crippen LogP contribution in [0.25, 0.3) is 0 Å². The Morgan fingerprint density at radius 2 is 2.21 bits per heavy atom. The van der Waals surface area contributed by atoms with Gasteiger partial charge in [-0.3, -0.25) is 9.59 Å². The van der Waals surface area contributed by atoms with Crippen LogP contribution in [-0.2, 0) is 14.3 Å². The third-order valence-corrected chi connectivity index (χ3v) is 1.60. The van der Waals surface area contributed by atoms with Gasteiger partial charge in [-0.25, -0.2) is 0 Å². The Labute approximate surface area is 82.9 Å². The van der Waals surface area contributed by atoms with Gasteiger partial charge in [-0.15, -0.1) is 6.58 Å². The van der Waals surface area contributed by atoms with Crippen LogP contribution in [0, 0.1) is 5.92 Å². The lowest BCUT2D eigenvalue weighted by atomic mass is 10.1. The van der Waals surface area contributed by atoms with Gasteiger partial charge in [0.25, 0.3) is 0 Å². The first-order valence-corrected chi connectivity index (χ1v) is 4.31. The molecule has 0 aliphatic rings. The van der Waals surface area contributed by atoms with Gasteiger partial charge in [0, 0.05) is 0 Å². The van der Waals surface area contributed by atoms with Gasteiger partial charge >= 0.3 is 11.9 Å². The lowest BCUT2D eigenvalue weighted by molar-refractivity contribution is -0.141. The maximum atomic E-state index is 11.2. The number of carbonyl (C=O) groups excluding carboxylic acids is 1. The molecule has 0 spiro atoms. The van der Waals surface area contributed by atoms with Crippen LogP contribution in [0.15, 0.2) is 25.0 Å². The van der Waals surface area contributed by atoms with E-state index in [1.165, 1.54) is 12.2 Å². The molecule has 1 unspecified atom stereocenters. The standard InChI is InChI=1S/C10H14O4/c1-3-8(4-2)10(13)14-7-5-6-9(11)12/h3,5,7-8H,1,4,6H2,2H3,(H,11,12). The van der Waals surface area contributed by atoms with Gasteiger partial charge in [0.2, 0.25) is 0 Å². The zero-order valence-electron chi connectivity index (χ0n) is 8.10. The highest BCUT2D eigenvalue weighted by Gasteiger charge is 2.12. The molecular formula is C10H14O4. The van der Waals surface area contributed by atoms with Gasteiger partial charge in [0.15, 0.2) is 0 Å². The van der Waals surface area contributed by atoms with Crippen LogP contribution in [0.3, 0.4) is 0 Å². The second-order valence-corrected chi connectivity index (χ2v) is 2.66. The molecule has 0 bridgehead atoms. The molecule has 0 saturated carbocycles. The van der Waals surface area contributed by atoms with Crippen molar-refractivity contribution in [3.8, 4) is 0 Å². The van der Waals surface area contributed by atoms with Crippen molar-refractivity contribution in [2.75, 3.05) is 0 Å². The fourth-order valence-corrected chi connectivity index (χ4v) is 0.781. The smallest absolute Gasteiger partial charge is 0.317 e. The minimum absolute atomic E-state index is 0.155. The quantitative estimate of drug-likeness (QED) is 0.401. The molecule has 0 aromatic heterocycles. The predicted molar refractivity (Wildman–Crippen MR) is 51.5 cm³/mol. The Morgan fingerprint density at radius 1 is 1.57 bits per heavy atom. The summed E-state index contributed by atoms with van der Waals surface area (Å²) in [6.07, 6.45) is 4.35. The lowest BCUT2D eigenvalue weighted by Gasteiger charge is -2.05. The van der Waals surface area contributed by atoms with E-state index >= 15 is 0 Å². The Balaban J connectivity index is 3.88. The van der Waals surface area contributed by atoms with Gasteiger partial charge in [-0.05, 0) is 12.5 Å². The summed E-state index contributed by atoms with van der Waals surface area (Å²) in [5.74, 6) is -1.71. The van der Waals surface area contributed by atoms with E-state index in [1.807, 2.05) is 6.92 Å². The normalized spacial score (nSPS) is 12.4. The molecule has 0 aromatic rings. The van der Waals surface area contributed by atoms with E-state index in [0.717, 1.165) is 6.26 Å². The SMILES string of the molecule is C=CC(CC)C(=O)OC=CCC(=O)O. The molecule has 0 radical (unpaired) electrons. The summed E-state index contributed by atoms with van der Waals surface area (Å²) in [7, 11) is 0. The van der Waals surface area contributed by atoms with E-state index in [9.17, 15) is 9.59 Å². The van der Waals surface area contributed by atoms with Crippen LogP contribution in [0.1, 0.15) is 19.8 Å². The zero-order valence-corrected chi connectivity index (χ0v) is 8.10. The molecule has 0 aromatic carbocycles. The molecule has 1 atom stereocenters. The van der Waals surface area contributed by atoms with Crippen molar-refractivity contribution in [3.63, 3.8) is 0 Å². The first-order chi connectivity index (χ1) is 6.61. The van der Waals surface area contributed by atoms with E-state index in [2.05, 4.69) is 11.3 Å². The first-order valence-electron chi connectivity index (χ1n) is 4.31. The highest BCUT2D eigenvalue weighted by molar-refractivity contribution is 5.75. The second kappa shape index (κ2) is 6.88. The van der Waals surface area contributed by atoms with Crippen LogP contribution in [0.2, 0.25) is 0 Å². The summed E-state index contributed by atoms with van der Waals surface area (Å²) >= 11 is 0. The minimum Gasteiger partial charge on any atom is -0.481 e. The molecule has 0 amide bonds. The third-order valence-electron chi connectivity index (χ3n) is 1.60. The molecule has 0 fully saturated rings. The highest BCUT2D eigenvalue weighted by atomic mass is 16.5. The van der Waals surface area contributed by atoms with E-state index in [0.29, 0.717) is 6.42 Å². The zero-order chi connectivity index (χ0) is 11.0. The van der Waals surface area contributed by atoms with E-state index in [1.54, 1.807) is 0 Å². The summed E-state index contributed by atoms with van der Waals surface area (Å²) in [6.45, 7) is 5.33. The summed E-state index contributed by atoms with van der Waals surface area (Å²) in [6, 6.07) is 0. The maximum Gasteiger partial charge on any atom is 0.317 e. The van der Waals surface area contributed by atoms with Gasteiger partial charge < -0.3 is 9.84 Å². The number of carboxylic acid groups (broad SMARTS) is 1. The summed E-state index contributed by atoms with van der Waals surface area (Å²) in [5.41, 5.74) is 0. The van der Waals surface area contributed by atoms with Crippen molar-refractivity contribution in [1.82, 2.24) is 0 Å². The van der Waals surface area contributed by atoms with Gasteiger partial charge in [0.05, 0.1) is 18.6 Å². The maximum absolute atomic E-state index is 11.2. The fraction of sp³-hybridized carbons (Fsp3) is 0.400. The van der Waals surface area contributed by atoms with Crippen molar-refractivity contribution < 1.29 is 19.4 Å². The molecular weight excluding hydrogens is 184 g/mol. The van der Waals surface area contributed by atoms with Crippen LogP contribution in [0.4, 0.5) is 0 Å². The molecule has 14 heavy (non-hydrogen) atoms. The van der Waals surface area contributed by atoms with E-state index in [4.69, 9.17) is 5.11 Å². The summed E-state index contributed by atoms with van der Waals surface area (Å²) < 4.78 is 4.68. The van der Waals surface area contributed by atoms with E-state index < -0.39 is 11.9 Å². The minimum atomic E-state index is -0.965. The molecule has 0 rings (SSSR count). The highest BCUT2D eigenvalue weighted by Crippen LogP contribution is 2.06. The molecule has 0 saturated heterocycles. The summed E-state index contributed by atoms with van der Waals surface area (Å²) in [4.78, 5) is 21.2. The number of esters is 1. The molecule has 0 aliphatic carbocycles. The number of carboxylic acids is 1. The monoisotopic (exact) mass is 198 g/mol. The first kappa shape index (κ1) is 12.4. The van der Waals surface area contributed by atoms with Crippen LogP contribution < -0.4 is 0 Å². The summed E-state index contributed by atoms with van der Waals surface area (Å²) in [5, 5.41) is 8.27. The molecule has 0 heterocycles. The lowest BCUT2D eigenvalue weighted by Crippen LogP contribution is -2.11. The fourth-order valence-electron chi connectivity index (χ4n) is 0.781. The van der Waals surface area contributed by atoms with Gasteiger partial charge in [0.1, 0.15) is 0 Å². The molecule has 4 nitrogen and oxygen atoms in total. The number of hydrogen-bond donors (Lipinski definition) is 1. The average molecular weight is 198 g/mol. The van der Waals surface area contributed by atoms with Crippen molar-refractivity contribution in [2.45, 2.75) is 19.8 Å². The van der Waals surface area contributed by atoms with Crippen molar-refractivity contribution in [3.05, 3.63) is 25.0 Å². The Bertz CT molecular complexity index is 243. The number of hydrogen-bond acceptors (Lipinski definition) is 3. The number of carbonyl (C=O) groups is 2. The molecule has 4 heteroatoms. The van der Waals surface area contributed by atoms with Crippen molar-refractivity contribution in [1.29, 1.82) is 0 Å². The van der Waals surface area contributed by atoms with Crippen molar-refractivity contribution >= 4 is 11.9 Å². The van der Waals surface area contributed by atoms with Gasteiger partial charge in [-0.1, -0.05) is 13.0 Å². The largest absolute Gasteiger partial charge is 0.481 e. The average Bonchev–Trinajstić information content (AvgIpc) is 2.14. The Morgan fingerprint density at radius 3 is 2.64 bits per heavy atom. The Hall–Kier alpha value is -1.58. The topological polar surface area (TPSA) is 63.6 Å². The Kier molecular flexibility index (Phi) is 6.11. The molecule has 78 valence electrons. The van der Waals surface area contributed by atoms with Crippen LogP contribution in [-0.4, -0.2) is 17.0 Å². The molecule has 0 aliphatic heterocycles. The number of ether oxygens (including phenoxy) is 1. The number of rotatable bonds is 6. The predicted octanol–water partition coefficient (Wildman–Crippen LogP) is 1.73. The van der Waals surface area contributed by atoms with Crippen molar-refractivity contribution in [2.24, 2.45) is 5.92 Å².